The van der Waals surface area contributed by atoms with Crippen LogP contribution in [0.5, 0.6) is 0 Å². The Morgan fingerprint density at radius 3 is 2.65 bits per heavy atom. The lowest BCUT2D eigenvalue weighted by atomic mass is 10.2. The van der Waals surface area contributed by atoms with Crippen LogP contribution in [0.4, 0.5) is 4.79 Å². The molecule has 0 radical (unpaired) electrons. The summed E-state index contributed by atoms with van der Waals surface area (Å²) in [6.45, 7) is 6.19. The van der Waals surface area contributed by atoms with Crippen LogP contribution in [0.2, 0.25) is 0 Å². The van der Waals surface area contributed by atoms with Gasteiger partial charge >= 0.3 is 12.1 Å². The molecule has 1 fully saturated rings. The predicted octanol–water partition coefficient (Wildman–Crippen LogP) is 2.77. The number of rotatable bonds is 5. The van der Waals surface area contributed by atoms with E-state index in [4.69, 9.17) is 9.15 Å². The highest BCUT2D eigenvalue weighted by atomic mass is 16.6. The maximum atomic E-state index is 12.4. The summed E-state index contributed by atoms with van der Waals surface area (Å²) in [4.78, 5) is 36.0. The molecule has 1 aromatic heterocycles. The van der Waals surface area contributed by atoms with E-state index in [1.807, 2.05) is 0 Å². The average Bonchev–Trinajstić information content (AvgIpc) is 3.02. The monoisotopic (exact) mass is 366 g/mol. The molecule has 2 heterocycles. The molecule has 1 saturated heterocycles. The zero-order chi connectivity index (χ0) is 19.3. The van der Waals surface area contributed by atoms with Gasteiger partial charge in [-0.1, -0.05) is 0 Å². The summed E-state index contributed by atoms with van der Waals surface area (Å²) in [6.07, 6.45) is 1.63. The summed E-state index contributed by atoms with van der Waals surface area (Å²) < 4.78 is 15.4. The molecule has 0 unspecified atom stereocenters. The van der Waals surface area contributed by atoms with Crippen LogP contribution in [-0.4, -0.2) is 53.8 Å². The number of nitrogens with zero attached hydrogens (tertiary/aromatic N) is 2. The fourth-order valence-corrected chi connectivity index (χ4v) is 2.64. The van der Waals surface area contributed by atoms with Gasteiger partial charge in [0.15, 0.2) is 0 Å². The minimum atomic E-state index is -0.623. The van der Waals surface area contributed by atoms with Crippen LogP contribution in [0, 0.1) is 0 Å². The zero-order valence-electron chi connectivity index (χ0n) is 15.7. The summed E-state index contributed by atoms with van der Waals surface area (Å²) in [6, 6.07) is 3.26. The van der Waals surface area contributed by atoms with Gasteiger partial charge in [0.25, 0.3) is 0 Å². The van der Waals surface area contributed by atoms with E-state index in [1.165, 1.54) is 17.1 Å². The lowest BCUT2D eigenvalue weighted by molar-refractivity contribution is -0.153. The van der Waals surface area contributed by atoms with Crippen LogP contribution in [0.15, 0.2) is 16.5 Å². The quantitative estimate of drug-likeness (QED) is 0.745. The van der Waals surface area contributed by atoms with Gasteiger partial charge in [-0.25, -0.2) is 19.6 Å². The largest absolute Gasteiger partial charge is 0.463 e. The molecule has 8 heteroatoms. The number of hydrogen-bond donors (Lipinski definition) is 0. The summed E-state index contributed by atoms with van der Waals surface area (Å²) in [5.41, 5.74) is -0.623. The van der Waals surface area contributed by atoms with E-state index < -0.39 is 17.7 Å². The van der Waals surface area contributed by atoms with Gasteiger partial charge in [0.2, 0.25) is 11.7 Å². The van der Waals surface area contributed by atoms with Crippen molar-refractivity contribution in [2.75, 3.05) is 20.2 Å². The highest BCUT2D eigenvalue weighted by molar-refractivity contribution is 5.86. The smallest absolute Gasteiger partial charge is 0.429 e. The van der Waals surface area contributed by atoms with Crippen LogP contribution in [0.25, 0.3) is 0 Å². The van der Waals surface area contributed by atoms with Crippen molar-refractivity contribution in [3.8, 4) is 0 Å². The van der Waals surface area contributed by atoms with Gasteiger partial charge in [0.1, 0.15) is 11.4 Å². The number of carbonyl (C=O) groups is 3. The molecule has 2 rings (SSSR count). The van der Waals surface area contributed by atoms with Gasteiger partial charge in [-0.15, -0.1) is 0 Å². The molecular weight excluding hydrogens is 340 g/mol. The number of amides is 2. The fraction of sp³-hybridized carbons (Fsp3) is 0.611. The molecule has 144 valence electrons. The van der Waals surface area contributed by atoms with Gasteiger partial charge < -0.3 is 13.9 Å². The second-order valence-electron chi connectivity index (χ2n) is 7.09. The van der Waals surface area contributed by atoms with Crippen LogP contribution >= 0.6 is 0 Å². The third-order valence-corrected chi connectivity index (χ3v) is 3.79. The molecule has 0 spiro atoms. The first-order valence-electron chi connectivity index (χ1n) is 8.69. The molecule has 0 N–H and O–H groups in total. The van der Waals surface area contributed by atoms with Crippen LogP contribution in [0.3, 0.4) is 0 Å². The molecule has 0 aliphatic carbocycles. The standard InChI is InChI=1S/C18H26N2O6/c1-18(2,3)26-17(23)20-12-6-8-15(21)19(20)11-5-7-13-9-10-14(25-13)16(22)24-4/h9-10H,5-8,11-12H2,1-4H3. The molecule has 1 aliphatic rings. The van der Waals surface area contributed by atoms with Gasteiger partial charge in [-0.05, 0) is 45.7 Å². The Balaban J connectivity index is 1.94. The highest BCUT2D eigenvalue weighted by Gasteiger charge is 2.32. The molecule has 1 aromatic rings. The van der Waals surface area contributed by atoms with Gasteiger partial charge in [-0.3, -0.25) is 4.79 Å². The number of carbonyl (C=O) groups excluding carboxylic acids is 3. The minimum Gasteiger partial charge on any atom is -0.463 e. The second kappa shape index (κ2) is 8.25. The second-order valence-corrected chi connectivity index (χ2v) is 7.09. The van der Waals surface area contributed by atoms with Crippen molar-refractivity contribution in [1.29, 1.82) is 0 Å². The van der Waals surface area contributed by atoms with Gasteiger partial charge in [0.05, 0.1) is 7.11 Å². The molecule has 1 aliphatic heterocycles. The van der Waals surface area contributed by atoms with Gasteiger partial charge in [-0.2, -0.15) is 0 Å². The van der Waals surface area contributed by atoms with Crippen molar-refractivity contribution in [1.82, 2.24) is 10.0 Å². The molecule has 8 nitrogen and oxygen atoms in total. The van der Waals surface area contributed by atoms with Gasteiger partial charge in [0, 0.05) is 25.9 Å². The molecule has 0 bridgehead atoms. The minimum absolute atomic E-state index is 0.100. The van der Waals surface area contributed by atoms with E-state index in [0.717, 1.165) is 0 Å². The summed E-state index contributed by atoms with van der Waals surface area (Å²) in [5, 5.41) is 2.82. The number of hydrogen-bond acceptors (Lipinski definition) is 6. The fourth-order valence-electron chi connectivity index (χ4n) is 2.64. The Morgan fingerprint density at radius 2 is 2.00 bits per heavy atom. The number of methoxy groups -OCH3 is 1. The Labute approximate surface area is 153 Å². The normalized spacial score (nSPS) is 15.2. The lowest BCUT2D eigenvalue weighted by Gasteiger charge is -2.38. The van der Waals surface area contributed by atoms with Crippen molar-refractivity contribution in [3.05, 3.63) is 23.7 Å². The molecular formula is C18H26N2O6. The third kappa shape index (κ3) is 5.24. The van der Waals surface area contributed by atoms with E-state index in [-0.39, 0.29) is 11.7 Å². The van der Waals surface area contributed by atoms with E-state index in [1.54, 1.807) is 32.9 Å². The van der Waals surface area contributed by atoms with Crippen molar-refractivity contribution in [2.45, 2.75) is 52.1 Å². The Bertz CT molecular complexity index is 661. The van der Waals surface area contributed by atoms with E-state index in [0.29, 0.717) is 44.5 Å². The van der Waals surface area contributed by atoms with Crippen LogP contribution in [0.1, 0.15) is 56.3 Å². The van der Waals surface area contributed by atoms with E-state index in [9.17, 15) is 14.4 Å². The third-order valence-electron chi connectivity index (χ3n) is 3.79. The summed E-state index contributed by atoms with van der Waals surface area (Å²) in [5.74, 6) is 0.140. The van der Waals surface area contributed by atoms with Crippen molar-refractivity contribution in [2.24, 2.45) is 0 Å². The van der Waals surface area contributed by atoms with Crippen LogP contribution in [-0.2, 0) is 20.7 Å². The number of furan rings is 1. The highest BCUT2D eigenvalue weighted by Crippen LogP contribution is 2.19. The molecule has 2 amide bonds. The SMILES string of the molecule is COC(=O)c1ccc(CCCN2C(=O)CCCN2C(=O)OC(C)(C)C)o1. The van der Waals surface area contributed by atoms with Crippen LogP contribution < -0.4 is 0 Å². The Hall–Kier alpha value is -2.51. The van der Waals surface area contributed by atoms with Crippen molar-refractivity contribution in [3.63, 3.8) is 0 Å². The number of aryl methyl sites for hydroxylation is 1. The first-order valence-corrected chi connectivity index (χ1v) is 8.69. The first-order chi connectivity index (χ1) is 12.2. The lowest BCUT2D eigenvalue weighted by Crippen LogP contribution is -2.54. The first kappa shape index (κ1) is 19.8. The molecule has 0 atom stereocenters. The Morgan fingerprint density at radius 1 is 1.27 bits per heavy atom. The zero-order valence-corrected chi connectivity index (χ0v) is 15.7. The maximum absolute atomic E-state index is 12.4. The molecule has 26 heavy (non-hydrogen) atoms. The Kier molecular flexibility index (Phi) is 6.28. The summed E-state index contributed by atoms with van der Waals surface area (Å²) in [7, 11) is 1.29. The van der Waals surface area contributed by atoms with E-state index >= 15 is 0 Å². The maximum Gasteiger partial charge on any atom is 0.429 e. The number of hydrazine groups is 1. The molecule has 0 saturated carbocycles. The van der Waals surface area contributed by atoms with Crippen molar-refractivity contribution < 1.29 is 28.3 Å². The van der Waals surface area contributed by atoms with Crippen molar-refractivity contribution >= 4 is 18.0 Å². The average molecular weight is 366 g/mol. The van der Waals surface area contributed by atoms with E-state index in [2.05, 4.69) is 4.74 Å². The number of ether oxygens (including phenoxy) is 2. The predicted molar refractivity (Wildman–Crippen MR) is 92.3 cm³/mol. The number of esters is 1. The summed E-state index contributed by atoms with van der Waals surface area (Å²) >= 11 is 0. The topological polar surface area (TPSA) is 89.3 Å². The molecule has 0 aromatic carbocycles.